The number of carbonyl (C=O) groups is 2. The minimum Gasteiger partial charge on any atom is -0.435 e. The summed E-state index contributed by atoms with van der Waals surface area (Å²) in [6, 6.07) is 10.5. The molecular formula is C17H14F2N4O6. The molecule has 0 aliphatic heterocycles. The van der Waals surface area contributed by atoms with Crippen LogP contribution in [0.5, 0.6) is 5.75 Å². The smallest absolute Gasteiger partial charge is 0.387 e. The molecule has 0 atom stereocenters. The number of rotatable bonds is 9. The predicted molar refractivity (Wildman–Crippen MR) is 97.9 cm³/mol. The number of nitrogens with zero attached hydrogens (tertiary/aromatic N) is 2. The van der Waals surface area contributed by atoms with Crippen molar-refractivity contribution in [3.8, 4) is 5.75 Å². The normalized spacial score (nSPS) is 10.6. The van der Waals surface area contributed by atoms with Gasteiger partial charge in [0.15, 0.2) is 6.61 Å². The van der Waals surface area contributed by atoms with Gasteiger partial charge in [-0.15, -0.1) is 0 Å². The molecule has 0 unspecified atom stereocenters. The minimum atomic E-state index is -2.95. The number of hydrogen-bond donors (Lipinski definition) is 2. The fourth-order valence-corrected chi connectivity index (χ4v) is 1.97. The van der Waals surface area contributed by atoms with E-state index in [2.05, 4.69) is 25.4 Å². The van der Waals surface area contributed by atoms with Crippen LogP contribution in [0.2, 0.25) is 0 Å². The van der Waals surface area contributed by atoms with Gasteiger partial charge in [0.05, 0.1) is 4.92 Å². The van der Waals surface area contributed by atoms with Gasteiger partial charge in [0.2, 0.25) is 0 Å². The summed E-state index contributed by atoms with van der Waals surface area (Å²) < 4.78 is 28.3. The Bertz CT molecular complexity index is 905. The molecule has 2 amide bonds. The zero-order valence-electron chi connectivity index (χ0n) is 14.6. The summed E-state index contributed by atoms with van der Waals surface area (Å²) in [6.07, 6.45) is 0.753. The number of nitrogens with one attached hydrogen (secondary N) is 2. The summed E-state index contributed by atoms with van der Waals surface area (Å²) >= 11 is 0. The molecule has 0 aromatic heterocycles. The molecule has 0 saturated carbocycles. The number of anilines is 2. The number of amides is 2. The fourth-order valence-electron chi connectivity index (χ4n) is 1.97. The molecule has 152 valence electrons. The Balaban J connectivity index is 1.75. The highest BCUT2D eigenvalue weighted by molar-refractivity contribution is 6.31. The van der Waals surface area contributed by atoms with Crippen molar-refractivity contribution in [1.29, 1.82) is 0 Å². The van der Waals surface area contributed by atoms with Gasteiger partial charge in [-0.3, -0.25) is 19.7 Å². The van der Waals surface area contributed by atoms with E-state index >= 15 is 0 Å². The fraction of sp³-hybridized carbons (Fsp3) is 0.118. The second-order valence-electron chi connectivity index (χ2n) is 5.26. The molecule has 2 rings (SSSR count). The molecule has 10 nitrogen and oxygen atoms in total. The van der Waals surface area contributed by atoms with Crippen molar-refractivity contribution in [3.05, 3.63) is 58.6 Å². The van der Waals surface area contributed by atoms with Crippen molar-refractivity contribution in [2.45, 2.75) is 6.61 Å². The lowest BCUT2D eigenvalue weighted by molar-refractivity contribution is -0.384. The molecule has 0 bridgehead atoms. The van der Waals surface area contributed by atoms with Crippen molar-refractivity contribution >= 4 is 35.1 Å². The van der Waals surface area contributed by atoms with Gasteiger partial charge in [-0.1, -0.05) is 11.2 Å². The number of halogens is 2. The Morgan fingerprint density at radius 2 is 1.86 bits per heavy atom. The molecule has 2 aromatic carbocycles. The van der Waals surface area contributed by atoms with Crippen LogP contribution in [0.15, 0.2) is 53.7 Å². The van der Waals surface area contributed by atoms with E-state index in [1.54, 1.807) is 0 Å². The number of alkyl halides is 2. The maximum absolute atomic E-state index is 12.1. The van der Waals surface area contributed by atoms with Crippen molar-refractivity contribution in [2.24, 2.45) is 5.16 Å². The summed E-state index contributed by atoms with van der Waals surface area (Å²) in [7, 11) is 0. The predicted octanol–water partition coefficient (Wildman–Crippen LogP) is 2.78. The molecule has 0 aliphatic rings. The maximum atomic E-state index is 12.1. The van der Waals surface area contributed by atoms with Crippen LogP contribution in [0.3, 0.4) is 0 Å². The zero-order chi connectivity index (χ0) is 21.2. The highest BCUT2D eigenvalue weighted by Gasteiger charge is 2.08. The molecule has 12 heteroatoms. The molecule has 0 aliphatic carbocycles. The number of ether oxygens (including phenoxy) is 1. The van der Waals surface area contributed by atoms with Gasteiger partial charge in [-0.25, -0.2) is 0 Å². The van der Waals surface area contributed by atoms with E-state index in [0.717, 1.165) is 12.3 Å². The first-order chi connectivity index (χ1) is 13.8. The van der Waals surface area contributed by atoms with Crippen molar-refractivity contribution in [2.75, 3.05) is 17.2 Å². The summed E-state index contributed by atoms with van der Waals surface area (Å²) in [5.41, 5.74) is 0.307. The average molecular weight is 408 g/mol. The number of carbonyl (C=O) groups excluding carboxylic acids is 2. The van der Waals surface area contributed by atoms with Gasteiger partial charge in [0, 0.05) is 23.5 Å². The molecule has 0 radical (unpaired) electrons. The molecule has 2 aromatic rings. The van der Waals surface area contributed by atoms with Crippen LogP contribution in [0.4, 0.5) is 25.8 Å². The zero-order valence-corrected chi connectivity index (χ0v) is 14.6. The number of benzene rings is 2. The van der Waals surface area contributed by atoms with Crippen LogP contribution in [-0.2, 0) is 14.4 Å². The molecule has 29 heavy (non-hydrogen) atoms. The van der Waals surface area contributed by atoms with Crippen LogP contribution in [-0.4, -0.2) is 36.2 Å². The van der Waals surface area contributed by atoms with E-state index in [0.29, 0.717) is 5.69 Å². The standard InChI is InChI=1S/C17H14F2N4O6/c18-17(19)29-14-6-4-11(5-7-14)21-16(25)10-28-20-9-15(24)22-12-2-1-3-13(8-12)23(26)27/h1-9,17H,10H2,(H,21,25)(H,22,24)/b20-9-. The first kappa shape index (κ1) is 21.2. The van der Waals surface area contributed by atoms with E-state index in [1.807, 2.05) is 0 Å². The summed E-state index contributed by atoms with van der Waals surface area (Å²) in [5.74, 6) is -1.39. The molecule has 0 saturated heterocycles. The molecule has 0 heterocycles. The third-order valence-electron chi connectivity index (χ3n) is 3.13. The second kappa shape index (κ2) is 10.3. The second-order valence-corrected chi connectivity index (χ2v) is 5.26. The monoisotopic (exact) mass is 408 g/mol. The summed E-state index contributed by atoms with van der Waals surface area (Å²) in [6.45, 7) is -3.47. The maximum Gasteiger partial charge on any atom is 0.387 e. The topological polar surface area (TPSA) is 132 Å². The molecular weight excluding hydrogens is 394 g/mol. The van der Waals surface area contributed by atoms with Gasteiger partial charge in [0.1, 0.15) is 12.0 Å². The van der Waals surface area contributed by atoms with Gasteiger partial charge < -0.3 is 20.2 Å². The number of non-ortho nitro benzene ring substituents is 1. The Hall–Kier alpha value is -4.09. The Morgan fingerprint density at radius 1 is 1.14 bits per heavy atom. The first-order valence-corrected chi connectivity index (χ1v) is 7.89. The van der Waals surface area contributed by atoms with E-state index in [9.17, 15) is 28.5 Å². The van der Waals surface area contributed by atoms with Crippen LogP contribution in [0.25, 0.3) is 0 Å². The number of nitro benzene ring substituents is 1. The number of nitro groups is 1. The van der Waals surface area contributed by atoms with E-state index < -0.39 is 30.0 Å². The number of oxime groups is 1. The quantitative estimate of drug-likeness (QED) is 0.372. The van der Waals surface area contributed by atoms with Crippen LogP contribution < -0.4 is 15.4 Å². The van der Waals surface area contributed by atoms with E-state index in [4.69, 9.17) is 0 Å². The molecule has 0 fully saturated rings. The first-order valence-electron chi connectivity index (χ1n) is 7.89. The lowest BCUT2D eigenvalue weighted by atomic mass is 10.3. The average Bonchev–Trinajstić information content (AvgIpc) is 2.66. The van der Waals surface area contributed by atoms with E-state index in [1.165, 1.54) is 42.5 Å². The van der Waals surface area contributed by atoms with Crippen molar-refractivity contribution < 1.29 is 32.9 Å². The van der Waals surface area contributed by atoms with Crippen LogP contribution in [0, 0.1) is 10.1 Å². The lowest BCUT2D eigenvalue weighted by Crippen LogP contribution is -2.18. The largest absolute Gasteiger partial charge is 0.435 e. The van der Waals surface area contributed by atoms with Gasteiger partial charge >= 0.3 is 6.61 Å². The Kier molecular flexibility index (Phi) is 7.53. The van der Waals surface area contributed by atoms with Gasteiger partial charge in [-0.2, -0.15) is 8.78 Å². The third kappa shape index (κ3) is 7.58. The van der Waals surface area contributed by atoms with Crippen molar-refractivity contribution in [3.63, 3.8) is 0 Å². The van der Waals surface area contributed by atoms with Crippen LogP contribution >= 0.6 is 0 Å². The van der Waals surface area contributed by atoms with Gasteiger partial charge in [-0.05, 0) is 30.3 Å². The number of hydrogen-bond acceptors (Lipinski definition) is 7. The highest BCUT2D eigenvalue weighted by Crippen LogP contribution is 2.18. The van der Waals surface area contributed by atoms with Crippen LogP contribution in [0.1, 0.15) is 0 Å². The van der Waals surface area contributed by atoms with Crippen molar-refractivity contribution in [1.82, 2.24) is 0 Å². The third-order valence-corrected chi connectivity index (χ3v) is 3.13. The SMILES string of the molecule is O=C(/C=N\OCC(=O)Nc1ccc(OC(F)F)cc1)Nc1cccc([N+](=O)[O-])c1. The molecule has 2 N–H and O–H groups in total. The van der Waals surface area contributed by atoms with E-state index in [-0.39, 0.29) is 17.1 Å². The highest BCUT2D eigenvalue weighted by atomic mass is 19.3. The summed E-state index contributed by atoms with van der Waals surface area (Å²) in [5, 5.41) is 18.8. The van der Waals surface area contributed by atoms with Gasteiger partial charge in [0.25, 0.3) is 17.5 Å². The Morgan fingerprint density at radius 3 is 2.52 bits per heavy atom. The Labute approximate surface area is 162 Å². The minimum absolute atomic E-state index is 0.0615. The molecule has 0 spiro atoms. The summed E-state index contributed by atoms with van der Waals surface area (Å²) in [4.78, 5) is 38.1. The lowest BCUT2D eigenvalue weighted by Gasteiger charge is -2.07.